The molecule has 0 aliphatic carbocycles. The largest absolute Gasteiger partial charge is 0.493 e. The molecular formula is C22H21N5O3. The normalized spacial score (nSPS) is 10.5. The Labute approximate surface area is 174 Å². The van der Waals surface area contributed by atoms with Crippen LogP contribution in [0.3, 0.4) is 0 Å². The van der Waals surface area contributed by atoms with E-state index in [1.54, 1.807) is 29.1 Å². The molecule has 2 aromatic carbocycles. The van der Waals surface area contributed by atoms with Gasteiger partial charge in [-0.3, -0.25) is 9.48 Å². The zero-order valence-electron chi connectivity index (χ0n) is 16.5. The molecule has 8 nitrogen and oxygen atoms in total. The Balaban J connectivity index is 1.65. The van der Waals surface area contributed by atoms with Gasteiger partial charge in [0.15, 0.2) is 18.1 Å². The maximum atomic E-state index is 12.1. The van der Waals surface area contributed by atoms with Crippen LogP contribution >= 0.6 is 0 Å². The molecule has 0 radical (unpaired) electrons. The lowest BCUT2D eigenvalue weighted by Gasteiger charge is -2.09. The first kappa shape index (κ1) is 20.6. The predicted molar refractivity (Wildman–Crippen MR) is 112 cm³/mol. The van der Waals surface area contributed by atoms with Crippen molar-refractivity contribution in [3.8, 4) is 28.8 Å². The molecule has 8 heteroatoms. The van der Waals surface area contributed by atoms with Gasteiger partial charge in [0.05, 0.1) is 32.4 Å². The number of aromatic nitrogens is 2. The molecule has 0 spiro atoms. The summed E-state index contributed by atoms with van der Waals surface area (Å²) in [6, 6.07) is 18.8. The average Bonchev–Trinajstić information content (AvgIpc) is 3.20. The molecule has 0 aliphatic heterocycles. The number of nitrogens with one attached hydrogen (secondary N) is 1. The lowest BCUT2D eigenvalue weighted by molar-refractivity contribution is -0.123. The number of rotatable bonds is 9. The Morgan fingerprint density at radius 3 is 2.67 bits per heavy atom. The average molecular weight is 403 g/mol. The highest BCUT2D eigenvalue weighted by atomic mass is 16.5. The number of amides is 1. The molecule has 1 N–H and O–H groups in total. The molecule has 1 amide bonds. The van der Waals surface area contributed by atoms with E-state index in [0.29, 0.717) is 24.5 Å². The molecule has 0 saturated heterocycles. The molecule has 0 aliphatic rings. The molecule has 3 aromatic rings. The first-order valence-electron chi connectivity index (χ1n) is 9.29. The van der Waals surface area contributed by atoms with E-state index in [1.807, 2.05) is 36.4 Å². The van der Waals surface area contributed by atoms with Crippen LogP contribution in [0.15, 0.2) is 65.9 Å². The lowest BCUT2D eigenvalue weighted by Crippen LogP contribution is -2.24. The Morgan fingerprint density at radius 1 is 1.20 bits per heavy atom. The summed E-state index contributed by atoms with van der Waals surface area (Å²) in [7, 11) is 1.54. The summed E-state index contributed by atoms with van der Waals surface area (Å²) in [6.07, 6.45) is 3.67. The molecule has 1 aromatic heterocycles. The van der Waals surface area contributed by atoms with Gasteiger partial charge < -0.3 is 9.47 Å². The Hall–Kier alpha value is -4.12. The van der Waals surface area contributed by atoms with Crippen LogP contribution in [0, 0.1) is 11.3 Å². The number of carbonyl (C=O) groups excluding carboxylic acids is 1. The molecule has 30 heavy (non-hydrogen) atoms. The van der Waals surface area contributed by atoms with Crippen molar-refractivity contribution in [2.45, 2.75) is 13.0 Å². The van der Waals surface area contributed by atoms with Gasteiger partial charge in [-0.05, 0) is 12.1 Å². The van der Waals surface area contributed by atoms with E-state index < -0.39 is 5.91 Å². The van der Waals surface area contributed by atoms with Gasteiger partial charge in [-0.15, -0.1) is 0 Å². The molecule has 1 heterocycles. The summed E-state index contributed by atoms with van der Waals surface area (Å²) in [5.41, 5.74) is 4.81. The van der Waals surface area contributed by atoms with Crippen molar-refractivity contribution in [2.24, 2.45) is 5.10 Å². The molecule has 0 saturated carbocycles. The third-order valence-corrected chi connectivity index (χ3v) is 4.11. The monoisotopic (exact) mass is 403 g/mol. The quantitative estimate of drug-likeness (QED) is 0.437. The van der Waals surface area contributed by atoms with Crippen molar-refractivity contribution in [1.29, 1.82) is 5.26 Å². The van der Waals surface area contributed by atoms with Crippen LogP contribution in [-0.2, 0) is 11.3 Å². The maximum absolute atomic E-state index is 12.1. The van der Waals surface area contributed by atoms with Crippen LogP contribution in [0.4, 0.5) is 0 Å². The second kappa shape index (κ2) is 10.4. The van der Waals surface area contributed by atoms with Crippen LogP contribution in [0.5, 0.6) is 11.5 Å². The van der Waals surface area contributed by atoms with Crippen LogP contribution in [0.25, 0.3) is 11.3 Å². The fourth-order valence-electron chi connectivity index (χ4n) is 2.72. The third-order valence-electron chi connectivity index (χ3n) is 4.11. The van der Waals surface area contributed by atoms with Crippen molar-refractivity contribution in [1.82, 2.24) is 15.2 Å². The Morgan fingerprint density at radius 2 is 1.93 bits per heavy atom. The summed E-state index contributed by atoms with van der Waals surface area (Å²) < 4.78 is 12.4. The van der Waals surface area contributed by atoms with E-state index in [-0.39, 0.29) is 6.61 Å². The summed E-state index contributed by atoms with van der Waals surface area (Å²) in [4.78, 5) is 12.1. The number of benzene rings is 2. The van der Waals surface area contributed by atoms with E-state index in [2.05, 4.69) is 21.7 Å². The zero-order valence-corrected chi connectivity index (χ0v) is 16.5. The second-order valence-corrected chi connectivity index (χ2v) is 6.20. The molecule has 0 unspecified atom stereocenters. The van der Waals surface area contributed by atoms with E-state index in [9.17, 15) is 4.79 Å². The summed E-state index contributed by atoms with van der Waals surface area (Å²) in [6.45, 7) is 0.272. The molecule has 0 fully saturated rings. The minimum Gasteiger partial charge on any atom is -0.493 e. The smallest absolute Gasteiger partial charge is 0.277 e. The minimum absolute atomic E-state index is 0.204. The van der Waals surface area contributed by atoms with Crippen molar-refractivity contribution in [3.05, 3.63) is 66.4 Å². The Kier molecular flexibility index (Phi) is 7.17. The van der Waals surface area contributed by atoms with Gasteiger partial charge in [0.1, 0.15) is 5.69 Å². The highest BCUT2D eigenvalue weighted by Gasteiger charge is 2.10. The number of aryl methyl sites for hydroxylation is 1. The number of hydrogen-bond donors (Lipinski definition) is 1. The molecule has 0 atom stereocenters. The first-order valence-corrected chi connectivity index (χ1v) is 9.29. The van der Waals surface area contributed by atoms with E-state index >= 15 is 0 Å². The summed E-state index contributed by atoms with van der Waals surface area (Å²) in [5.74, 6) is 0.616. The molecular weight excluding hydrogens is 382 g/mol. The van der Waals surface area contributed by atoms with Crippen molar-refractivity contribution in [3.63, 3.8) is 0 Å². The van der Waals surface area contributed by atoms with Gasteiger partial charge in [0.2, 0.25) is 0 Å². The van der Waals surface area contributed by atoms with E-state index in [1.165, 1.54) is 13.3 Å². The molecule has 0 bridgehead atoms. The van der Waals surface area contributed by atoms with Crippen LogP contribution < -0.4 is 14.9 Å². The highest BCUT2D eigenvalue weighted by molar-refractivity contribution is 5.89. The highest BCUT2D eigenvalue weighted by Crippen LogP contribution is 2.25. The maximum Gasteiger partial charge on any atom is 0.277 e. The van der Waals surface area contributed by atoms with Crippen molar-refractivity contribution < 1.29 is 14.3 Å². The third kappa shape index (κ3) is 5.45. The number of hydrazone groups is 1. The van der Waals surface area contributed by atoms with Gasteiger partial charge >= 0.3 is 0 Å². The molecule has 152 valence electrons. The molecule has 3 rings (SSSR count). The number of methoxy groups -OCH3 is 1. The van der Waals surface area contributed by atoms with Gasteiger partial charge in [-0.25, -0.2) is 5.43 Å². The number of nitrogens with zero attached hydrogens (tertiary/aromatic N) is 4. The standard InChI is InChI=1S/C22H21N5O3/c1-29-19-10-5-6-11-20(19)30-16-21(28)25-24-14-18-15-27(13-7-12-23)26-22(18)17-8-3-2-4-9-17/h2-6,8-11,14-15H,7,13,16H2,1H3,(H,25,28)/b24-14-. The minimum atomic E-state index is -0.407. The van der Waals surface area contributed by atoms with Gasteiger partial charge in [0.25, 0.3) is 5.91 Å². The van der Waals surface area contributed by atoms with Crippen LogP contribution in [0.2, 0.25) is 0 Å². The lowest BCUT2D eigenvalue weighted by atomic mass is 10.1. The van der Waals surface area contributed by atoms with Crippen molar-refractivity contribution in [2.75, 3.05) is 13.7 Å². The summed E-state index contributed by atoms with van der Waals surface area (Å²) >= 11 is 0. The van der Waals surface area contributed by atoms with Crippen molar-refractivity contribution >= 4 is 12.1 Å². The first-order chi connectivity index (χ1) is 14.7. The Bertz CT molecular complexity index is 1050. The van der Waals surface area contributed by atoms with Gasteiger partial charge in [-0.1, -0.05) is 42.5 Å². The fraction of sp³-hybridized carbons (Fsp3) is 0.182. The fourth-order valence-corrected chi connectivity index (χ4v) is 2.72. The topological polar surface area (TPSA) is 102 Å². The zero-order chi connectivity index (χ0) is 21.2. The van der Waals surface area contributed by atoms with Crippen LogP contribution in [0.1, 0.15) is 12.0 Å². The van der Waals surface area contributed by atoms with E-state index in [0.717, 1.165) is 16.8 Å². The second-order valence-electron chi connectivity index (χ2n) is 6.20. The summed E-state index contributed by atoms with van der Waals surface area (Å²) in [5, 5.41) is 17.4. The van der Waals surface area contributed by atoms with Gasteiger partial charge in [0, 0.05) is 17.3 Å². The number of hydrogen-bond acceptors (Lipinski definition) is 6. The predicted octanol–water partition coefficient (Wildman–Crippen LogP) is 3.00. The number of para-hydroxylation sites is 2. The SMILES string of the molecule is COc1ccccc1OCC(=O)N/N=C\c1cn(CCC#N)nc1-c1ccccc1. The van der Waals surface area contributed by atoms with E-state index in [4.69, 9.17) is 14.7 Å². The van der Waals surface area contributed by atoms with Gasteiger partial charge in [-0.2, -0.15) is 15.5 Å². The number of ether oxygens (including phenoxy) is 2. The number of nitriles is 1. The van der Waals surface area contributed by atoms with Crippen LogP contribution in [-0.4, -0.2) is 35.6 Å². The number of carbonyl (C=O) groups is 1.